The quantitative estimate of drug-likeness (QED) is 0.214. The SMILES string of the molecule is [H+].[H+].[H+].[H+].[H+].[H+].[H+].[H+].[H+].[H+].[KH].[KH].[O-]B([O-])[O-].[O-]B([O-])[O-].[O-]B([O-])[O-].[O-]B([O-])[O-].[O-]B([O-])[O-].[O-]B([O-])[O-].[O-]B([O-])[O-].[O-]B([O-])[O-].[O-]B([O-])[O-].[O-]B([O-])[O-]. The number of hydrogen-bond acceptors (Lipinski definition) is 30. The molecule has 0 heterocycles. The van der Waals surface area contributed by atoms with E-state index in [0.29, 0.717) is 0 Å². The minimum absolute atomic E-state index is 0. The van der Waals surface area contributed by atoms with E-state index in [9.17, 15) is 0 Å². The van der Waals surface area contributed by atoms with Crippen molar-refractivity contribution in [1.82, 2.24) is 0 Å². The summed E-state index contributed by atoms with van der Waals surface area (Å²) in [5.74, 6) is 0. The Morgan fingerprint density at radius 3 is 0.143 bits per heavy atom. The summed E-state index contributed by atoms with van der Waals surface area (Å²) in [7, 11) is -29.2. The molecule has 0 aliphatic carbocycles. The van der Waals surface area contributed by atoms with Crippen molar-refractivity contribution >= 4 is 176 Å². The zero-order valence-electron chi connectivity index (χ0n) is 28.0. The molecule has 0 amide bonds. The first-order chi connectivity index (χ1) is 17.3. The van der Waals surface area contributed by atoms with Crippen LogP contribution in [-0.2, 0) is 0 Å². The van der Waals surface area contributed by atoms with Crippen LogP contribution in [0.1, 0.15) is 14.3 Å². The largest absolute Gasteiger partial charge is 0.907 e. The first-order valence-corrected chi connectivity index (χ1v) is 7.07. The molecule has 0 rings (SSSR count). The summed E-state index contributed by atoms with van der Waals surface area (Å²) in [4.78, 5) is 0. The molecule has 0 aromatic heterocycles. The summed E-state index contributed by atoms with van der Waals surface area (Å²) in [5, 5.41) is 252. The third-order valence-corrected chi connectivity index (χ3v) is 0. The zero-order valence-corrected chi connectivity index (χ0v) is 18.0. The van der Waals surface area contributed by atoms with E-state index in [2.05, 4.69) is 0 Å². The minimum atomic E-state index is -2.92. The van der Waals surface area contributed by atoms with Crippen molar-refractivity contribution in [2.24, 2.45) is 0 Å². The number of rotatable bonds is 0. The van der Waals surface area contributed by atoms with Crippen molar-refractivity contribution in [3.8, 4) is 0 Å². The first kappa shape index (κ1) is 79.8. The molecule has 0 saturated carbocycles. The molecular formula is H12B10K2O30-20. The molecule has 0 saturated heterocycles. The molecule has 0 aliphatic heterocycles. The Bertz CT molecular complexity index is 228. The average Bonchev–Trinajstić information content (AvgIpc) is 2.47. The third-order valence-electron chi connectivity index (χ3n) is 0. The topological polar surface area (TPSA) is 692 Å². The molecule has 0 atom stereocenters. The van der Waals surface area contributed by atoms with Crippen molar-refractivity contribution in [3.63, 3.8) is 0 Å². The molecule has 42 heteroatoms. The molecule has 30 nitrogen and oxygen atoms in total. The van der Waals surface area contributed by atoms with Gasteiger partial charge < -0.3 is 151 Å². The zero-order chi connectivity index (χ0) is 35.8. The van der Waals surface area contributed by atoms with E-state index in [1.807, 2.05) is 0 Å². The van der Waals surface area contributed by atoms with E-state index >= 15 is 0 Å². The molecule has 0 fully saturated rings. The summed E-state index contributed by atoms with van der Waals surface area (Å²) in [6.07, 6.45) is 0. The van der Waals surface area contributed by atoms with Gasteiger partial charge in [0.15, 0.2) is 0 Å². The molecule has 0 aliphatic rings. The molecule has 0 N–H and O–H groups in total. The maximum absolute atomic E-state index is 8.42. The van der Waals surface area contributed by atoms with Crippen molar-refractivity contribution in [2.45, 2.75) is 0 Å². The Labute approximate surface area is 337 Å². The Morgan fingerprint density at radius 2 is 0.143 bits per heavy atom. The molecule has 0 bridgehead atoms. The van der Waals surface area contributed by atoms with Gasteiger partial charge >= 0.3 is 117 Å². The normalized spacial score (nSPS) is 6.43. The molecule has 42 heavy (non-hydrogen) atoms. The smallest absolute Gasteiger partial charge is 0.278 e. The van der Waals surface area contributed by atoms with E-state index in [4.69, 9.17) is 151 Å². The molecule has 0 aromatic rings. The van der Waals surface area contributed by atoms with Crippen LogP contribution in [0.4, 0.5) is 0 Å². The van der Waals surface area contributed by atoms with Crippen LogP contribution in [0.15, 0.2) is 0 Å². The maximum Gasteiger partial charge on any atom is -0.278 e. The maximum atomic E-state index is 8.42. The van der Waals surface area contributed by atoms with Crippen LogP contribution >= 0.6 is 0 Å². The average molecular weight is 678 g/mol. The molecule has 0 aromatic carbocycles. The van der Waals surface area contributed by atoms with Crippen LogP contribution in [0.25, 0.3) is 0 Å². The van der Waals surface area contributed by atoms with E-state index < -0.39 is 73.2 Å². The van der Waals surface area contributed by atoms with Crippen LogP contribution in [0.2, 0.25) is 0 Å². The summed E-state index contributed by atoms with van der Waals surface area (Å²) in [6.45, 7) is 0. The first-order valence-electron chi connectivity index (χ1n) is 7.07. The van der Waals surface area contributed by atoms with Gasteiger partial charge in [-0.05, 0) is 0 Å². The second kappa shape index (κ2) is 74.5. The van der Waals surface area contributed by atoms with Gasteiger partial charge in [0.25, 0.3) is 0 Å². The van der Waals surface area contributed by atoms with Gasteiger partial charge in [0, 0.05) is 0 Å². The van der Waals surface area contributed by atoms with Gasteiger partial charge in [-0.25, -0.2) is 0 Å². The molecule has 0 unspecified atom stereocenters. The summed E-state index contributed by atoms with van der Waals surface area (Å²) in [5.41, 5.74) is 0. The van der Waals surface area contributed by atoms with Crippen LogP contribution < -0.4 is 151 Å². The van der Waals surface area contributed by atoms with Crippen molar-refractivity contribution < 1.29 is 165 Å². The van der Waals surface area contributed by atoms with E-state index in [-0.39, 0.29) is 117 Å². The fraction of sp³-hybridized carbons (Fsp3) is 0. The van der Waals surface area contributed by atoms with Crippen molar-refractivity contribution in [3.05, 3.63) is 0 Å². The fourth-order valence-corrected chi connectivity index (χ4v) is 0. The van der Waals surface area contributed by atoms with Crippen LogP contribution in [0.3, 0.4) is 0 Å². The predicted molar refractivity (Wildman–Crippen MR) is 83.0 cm³/mol. The van der Waals surface area contributed by atoms with Gasteiger partial charge in [0.05, 0.1) is 0 Å². The third kappa shape index (κ3) is 10000. The van der Waals surface area contributed by atoms with Gasteiger partial charge in [0.2, 0.25) is 0 Å². The number of hydrogen-bond donors (Lipinski definition) is 0. The molecule has 0 radical (unpaired) electrons. The minimum Gasteiger partial charge on any atom is -0.907 e. The Hall–Kier alpha value is 2.72. The van der Waals surface area contributed by atoms with Crippen LogP contribution in [-0.4, -0.2) is 176 Å². The predicted octanol–water partition coefficient (Wildman–Crippen LogP) is -39.6. The Balaban J connectivity index is -0.00000000937. The van der Waals surface area contributed by atoms with E-state index in [1.54, 1.807) is 0 Å². The van der Waals surface area contributed by atoms with Gasteiger partial charge in [-0.1, -0.05) is 0 Å². The summed E-state index contributed by atoms with van der Waals surface area (Å²) in [6, 6.07) is 0. The van der Waals surface area contributed by atoms with Crippen molar-refractivity contribution in [2.75, 3.05) is 0 Å². The van der Waals surface area contributed by atoms with Crippen molar-refractivity contribution in [1.29, 1.82) is 0 Å². The molecular weight excluding hydrogens is 666 g/mol. The Kier molecular flexibility index (Phi) is 142. The van der Waals surface area contributed by atoms with Gasteiger partial charge in [-0.2, -0.15) is 0 Å². The molecule has 0 spiro atoms. The standard InChI is InChI=1S/10BO3.2K.2H/c10*2-1(3)4;;;;/q10*-3;;;;/p+10. The van der Waals surface area contributed by atoms with Crippen LogP contribution in [0.5, 0.6) is 0 Å². The van der Waals surface area contributed by atoms with Gasteiger partial charge in [-0.15, -0.1) is 0 Å². The summed E-state index contributed by atoms with van der Waals surface area (Å²) >= 11 is 0. The van der Waals surface area contributed by atoms with Crippen LogP contribution in [0, 0.1) is 0 Å². The van der Waals surface area contributed by atoms with E-state index in [0.717, 1.165) is 0 Å². The second-order valence-electron chi connectivity index (χ2n) is 2.89. The second-order valence-corrected chi connectivity index (χ2v) is 2.89. The fourth-order valence-electron chi connectivity index (χ4n) is 0. The monoisotopic (exact) mass is 680 g/mol. The van der Waals surface area contributed by atoms with Gasteiger partial charge in [0.1, 0.15) is 0 Å². The van der Waals surface area contributed by atoms with Gasteiger partial charge in [-0.3, -0.25) is 73.2 Å². The summed E-state index contributed by atoms with van der Waals surface area (Å²) < 4.78 is 0. The molecule has 244 valence electrons. The van der Waals surface area contributed by atoms with E-state index in [1.165, 1.54) is 0 Å². The Morgan fingerprint density at radius 1 is 0.143 bits per heavy atom.